The van der Waals surface area contributed by atoms with Gasteiger partial charge < -0.3 is 10.3 Å². The fraction of sp³-hybridized carbons (Fsp3) is 0.545. The van der Waals surface area contributed by atoms with Gasteiger partial charge in [0.15, 0.2) is 0 Å². The van der Waals surface area contributed by atoms with Gasteiger partial charge in [-0.2, -0.15) is 0 Å². The predicted octanol–water partition coefficient (Wildman–Crippen LogP) is 1.50. The zero-order chi connectivity index (χ0) is 11.5. The molecule has 1 heterocycles. The van der Waals surface area contributed by atoms with Crippen molar-refractivity contribution < 1.29 is 4.39 Å². The van der Waals surface area contributed by atoms with Crippen LogP contribution in [0.2, 0.25) is 0 Å². The smallest absolute Gasteiger partial charge is 0.250 e. The molecule has 0 unspecified atom stereocenters. The normalized spacial score (nSPS) is 11.7. The summed E-state index contributed by atoms with van der Waals surface area (Å²) in [6.45, 7) is 4.29. The summed E-state index contributed by atoms with van der Waals surface area (Å²) in [6.07, 6.45) is 2.72. The highest BCUT2D eigenvalue weighted by atomic mass is 19.1. The molecule has 1 aromatic rings. The largest absolute Gasteiger partial charge is 0.324 e. The maximum Gasteiger partial charge on any atom is 0.250 e. The Bertz CT molecular complexity index is 382. The Kier molecular flexibility index (Phi) is 3.63. The SMILES string of the molecule is CCC(N)(CC)Cn1cc(F)ccc1=O. The van der Waals surface area contributed by atoms with Crippen molar-refractivity contribution in [3.8, 4) is 0 Å². The highest BCUT2D eigenvalue weighted by molar-refractivity contribution is 4.98. The molecular weight excluding hydrogens is 195 g/mol. The van der Waals surface area contributed by atoms with Crippen LogP contribution in [0, 0.1) is 5.82 Å². The number of aromatic nitrogens is 1. The number of rotatable bonds is 4. The molecule has 0 saturated carbocycles. The number of nitrogens with two attached hydrogens (primary N) is 1. The number of halogens is 1. The molecule has 0 fully saturated rings. The maximum atomic E-state index is 12.9. The Balaban J connectivity index is 2.98. The van der Waals surface area contributed by atoms with Gasteiger partial charge in [-0.15, -0.1) is 0 Å². The monoisotopic (exact) mass is 212 g/mol. The molecule has 0 atom stereocenters. The van der Waals surface area contributed by atoms with Crippen LogP contribution >= 0.6 is 0 Å². The van der Waals surface area contributed by atoms with Crippen LogP contribution in [0.4, 0.5) is 4.39 Å². The molecule has 15 heavy (non-hydrogen) atoms. The predicted molar refractivity (Wildman–Crippen MR) is 58.2 cm³/mol. The Morgan fingerprint density at radius 1 is 1.40 bits per heavy atom. The standard InChI is InChI=1S/C11H17FN2O/c1-3-11(13,4-2)8-14-7-9(12)5-6-10(14)15/h5-7H,3-4,8,13H2,1-2H3. The average Bonchev–Trinajstić information content (AvgIpc) is 2.23. The molecule has 0 aromatic carbocycles. The topological polar surface area (TPSA) is 48.0 Å². The minimum absolute atomic E-state index is 0.215. The summed E-state index contributed by atoms with van der Waals surface area (Å²) in [5.74, 6) is -0.413. The minimum Gasteiger partial charge on any atom is -0.324 e. The summed E-state index contributed by atoms with van der Waals surface area (Å²) in [4.78, 5) is 11.4. The molecule has 0 aliphatic heterocycles. The lowest BCUT2D eigenvalue weighted by Crippen LogP contribution is -2.45. The first-order valence-corrected chi connectivity index (χ1v) is 5.15. The fourth-order valence-corrected chi connectivity index (χ4v) is 1.44. The average molecular weight is 212 g/mol. The third-order valence-electron chi connectivity index (χ3n) is 2.84. The van der Waals surface area contributed by atoms with Crippen molar-refractivity contribution in [1.29, 1.82) is 0 Å². The van der Waals surface area contributed by atoms with E-state index in [2.05, 4.69) is 0 Å². The molecule has 1 aromatic heterocycles. The minimum atomic E-state index is -0.433. The number of hydrogen-bond donors (Lipinski definition) is 1. The first kappa shape index (κ1) is 11.9. The second-order valence-corrected chi connectivity index (χ2v) is 3.88. The van der Waals surface area contributed by atoms with Gasteiger partial charge in [0.05, 0.1) is 0 Å². The molecule has 0 amide bonds. The van der Waals surface area contributed by atoms with E-state index in [-0.39, 0.29) is 5.56 Å². The number of nitrogens with zero attached hydrogens (tertiary/aromatic N) is 1. The molecule has 4 heteroatoms. The summed E-state index contributed by atoms with van der Waals surface area (Å²) in [5.41, 5.74) is 5.42. The Morgan fingerprint density at radius 3 is 2.53 bits per heavy atom. The number of pyridine rings is 1. The lowest BCUT2D eigenvalue weighted by molar-refractivity contribution is 0.332. The molecule has 0 aliphatic carbocycles. The number of hydrogen-bond acceptors (Lipinski definition) is 2. The Morgan fingerprint density at radius 2 is 2.00 bits per heavy atom. The summed E-state index contributed by atoms with van der Waals surface area (Å²) in [6, 6.07) is 2.38. The van der Waals surface area contributed by atoms with Crippen LogP contribution in [0.25, 0.3) is 0 Å². The van der Waals surface area contributed by atoms with E-state index in [0.717, 1.165) is 18.9 Å². The van der Waals surface area contributed by atoms with Gasteiger partial charge in [-0.3, -0.25) is 4.79 Å². The van der Waals surface area contributed by atoms with Crippen LogP contribution in [0.15, 0.2) is 23.1 Å². The lowest BCUT2D eigenvalue weighted by atomic mass is 9.94. The molecule has 0 spiro atoms. The lowest BCUT2D eigenvalue weighted by Gasteiger charge is -2.27. The zero-order valence-electron chi connectivity index (χ0n) is 9.16. The van der Waals surface area contributed by atoms with Crippen LogP contribution < -0.4 is 11.3 Å². The van der Waals surface area contributed by atoms with Gasteiger partial charge in [0.25, 0.3) is 5.56 Å². The second kappa shape index (κ2) is 4.57. The van der Waals surface area contributed by atoms with Crippen LogP contribution in [0.1, 0.15) is 26.7 Å². The van der Waals surface area contributed by atoms with Crippen molar-refractivity contribution >= 4 is 0 Å². The van der Waals surface area contributed by atoms with Gasteiger partial charge >= 0.3 is 0 Å². The second-order valence-electron chi connectivity index (χ2n) is 3.88. The van der Waals surface area contributed by atoms with E-state index in [1.54, 1.807) is 0 Å². The van der Waals surface area contributed by atoms with E-state index in [9.17, 15) is 9.18 Å². The van der Waals surface area contributed by atoms with Crippen molar-refractivity contribution in [3.05, 3.63) is 34.5 Å². The Labute approximate surface area is 88.7 Å². The van der Waals surface area contributed by atoms with Crippen LogP contribution in [0.3, 0.4) is 0 Å². The van der Waals surface area contributed by atoms with E-state index in [0.29, 0.717) is 6.54 Å². The van der Waals surface area contributed by atoms with Crippen LogP contribution in [-0.2, 0) is 6.54 Å². The molecule has 0 radical (unpaired) electrons. The van der Waals surface area contributed by atoms with Crippen LogP contribution in [0.5, 0.6) is 0 Å². The third-order valence-corrected chi connectivity index (χ3v) is 2.84. The van der Waals surface area contributed by atoms with Gasteiger partial charge in [0.1, 0.15) is 5.82 Å². The van der Waals surface area contributed by atoms with Gasteiger partial charge in [0.2, 0.25) is 0 Å². The van der Waals surface area contributed by atoms with Crippen molar-refractivity contribution in [1.82, 2.24) is 4.57 Å². The molecule has 0 saturated heterocycles. The van der Waals surface area contributed by atoms with Gasteiger partial charge in [-0.05, 0) is 18.9 Å². The van der Waals surface area contributed by atoms with Crippen molar-refractivity contribution in [2.75, 3.05) is 0 Å². The van der Waals surface area contributed by atoms with Crippen molar-refractivity contribution in [2.45, 2.75) is 38.8 Å². The van der Waals surface area contributed by atoms with E-state index in [1.807, 2.05) is 13.8 Å². The fourth-order valence-electron chi connectivity index (χ4n) is 1.44. The Hall–Kier alpha value is -1.16. The van der Waals surface area contributed by atoms with Gasteiger partial charge in [-0.1, -0.05) is 13.8 Å². The van der Waals surface area contributed by atoms with E-state index < -0.39 is 11.4 Å². The van der Waals surface area contributed by atoms with Crippen molar-refractivity contribution in [2.24, 2.45) is 5.73 Å². The maximum absolute atomic E-state index is 12.9. The third kappa shape index (κ3) is 2.89. The summed E-state index contributed by atoms with van der Waals surface area (Å²) < 4.78 is 14.3. The first-order chi connectivity index (χ1) is 7.00. The van der Waals surface area contributed by atoms with E-state index >= 15 is 0 Å². The highest BCUT2D eigenvalue weighted by Gasteiger charge is 2.21. The highest BCUT2D eigenvalue weighted by Crippen LogP contribution is 2.13. The molecular formula is C11H17FN2O. The van der Waals surface area contributed by atoms with Crippen molar-refractivity contribution in [3.63, 3.8) is 0 Å². The summed E-state index contributed by atoms with van der Waals surface area (Å²) in [5, 5.41) is 0. The quantitative estimate of drug-likeness (QED) is 0.822. The molecule has 0 bridgehead atoms. The molecule has 0 aliphatic rings. The van der Waals surface area contributed by atoms with E-state index in [1.165, 1.54) is 16.8 Å². The van der Waals surface area contributed by atoms with E-state index in [4.69, 9.17) is 5.73 Å². The van der Waals surface area contributed by atoms with Crippen LogP contribution in [-0.4, -0.2) is 10.1 Å². The molecule has 84 valence electrons. The summed E-state index contributed by atoms with van der Waals surface area (Å²) >= 11 is 0. The molecule has 3 nitrogen and oxygen atoms in total. The zero-order valence-corrected chi connectivity index (χ0v) is 9.16. The molecule has 1 rings (SSSR count). The first-order valence-electron chi connectivity index (χ1n) is 5.15. The van der Waals surface area contributed by atoms with Gasteiger partial charge in [0, 0.05) is 24.3 Å². The molecule has 2 N–H and O–H groups in total. The summed E-state index contributed by atoms with van der Waals surface area (Å²) in [7, 11) is 0. The van der Waals surface area contributed by atoms with Gasteiger partial charge in [-0.25, -0.2) is 4.39 Å².